The van der Waals surface area contributed by atoms with Crippen molar-refractivity contribution in [3.8, 4) is 0 Å². The predicted octanol–water partition coefficient (Wildman–Crippen LogP) is 0.450. The van der Waals surface area contributed by atoms with Crippen molar-refractivity contribution >= 4 is 23.1 Å². The van der Waals surface area contributed by atoms with Crippen molar-refractivity contribution in [2.45, 2.75) is 26.9 Å². The lowest BCUT2D eigenvalue weighted by Crippen LogP contribution is -2.39. The van der Waals surface area contributed by atoms with E-state index in [1.54, 1.807) is 6.92 Å². The molecule has 0 spiro atoms. The Morgan fingerprint density at radius 1 is 1.57 bits per heavy atom. The van der Waals surface area contributed by atoms with Gasteiger partial charge in [0.25, 0.3) is 0 Å². The molecule has 1 amide bonds. The molecule has 4 nitrogen and oxygen atoms in total. The van der Waals surface area contributed by atoms with Gasteiger partial charge in [-0.25, -0.2) is 0 Å². The molecule has 0 aliphatic carbocycles. The van der Waals surface area contributed by atoms with Crippen LogP contribution < -0.4 is 11.1 Å². The van der Waals surface area contributed by atoms with E-state index in [0.29, 0.717) is 13.2 Å². The van der Waals surface area contributed by atoms with Crippen LogP contribution in [0.15, 0.2) is 0 Å². The minimum atomic E-state index is -0.418. The molecule has 0 saturated carbocycles. The van der Waals surface area contributed by atoms with Gasteiger partial charge in [0.2, 0.25) is 5.91 Å². The molecule has 5 heteroatoms. The Kier molecular flexibility index (Phi) is 6.40. The summed E-state index contributed by atoms with van der Waals surface area (Å²) >= 11 is 4.71. The van der Waals surface area contributed by atoms with Crippen LogP contribution in [0.2, 0.25) is 0 Å². The molecule has 0 aliphatic heterocycles. The van der Waals surface area contributed by atoms with E-state index in [0.717, 1.165) is 0 Å². The maximum atomic E-state index is 11.4. The molecule has 0 radical (unpaired) electrons. The summed E-state index contributed by atoms with van der Waals surface area (Å²) in [4.78, 5) is 11.6. The minimum Gasteiger partial charge on any atom is -0.393 e. The van der Waals surface area contributed by atoms with E-state index in [2.05, 4.69) is 5.32 Å². The van der Waals surface area contributed by atoms with Crippen LogP contribution >= 0.6 is 12.2 Å². The molecular weight excluding hydrogens is 200 g/mol. The number of nitrogens with two attached hydrogens (primary N) is 1. The fourth-order valence-electron chi connectivity index (χ4n) is 0.870. The average molecular weight is 218 g/mol. The third kappa shape index (κ3) is 5.14. The maximum absolute atomic E-state index is 11.4. The molecule has 3 N–H and O–H groups in total. The van der Waals surface area contributed by atoms with Crippen LogP contribution in [0.5, 0.6) is 0 Å². The first-order chi connectivity index (χ1) is 6.49. The second-order valence-corrected chi connectivity index (χ2v) is 3.61. The quantitative estimate of drug-likeness (QED) is 0.635. The number of thiocarbonyl (C=S) groups is 1. The van der Waals surface area contributed by atoms with Gasteiger partial charge < -0.3 is 15.8 Å². The Morgan fingerprint density at radius 3 is 2.57 bits per heavy atom. The van der Waals surface area contributed by atoms with Crippen molar-refractivity contribution in [2.24, 2.45) is 11.7 Å². The third-order valence-corrected chi connectivity index (χ3v) is 2.19. The molecule has 14 heavy (non-hydrogen) atoms. The third-order valence-electron chi connectivity index (χ3n) is 1.83. The van der Waals surface area contributed by atoms with E-state index in [1.807, 2.05) is 13.8 Å². The van der Waals surface area contributed by atoms with E-state index < -0.39 is 5.92 Å². The van der Waals surface area contributed by atoms with Gasteiger partial charge in [0.15, 0.2) is 0 Å². The van der Waals surface area contributed by atoms with Gasteiger partial charge in [-0.3, -0.25) is 4.79 Å². The number of ether oxygens (including phenoxy) is 1. The summed E-state index contributed by atoms with van der Waals surface area (Å²) in [6, 6.07) is 0. The first-order valence-electron chi connectivity index (χ1n) is 4.67. The van der Waals surface area contributed by atoms with E-state index in [4.69, 9.17) is 22.7 Å². The summed E-state index contributed by atoms with van der Waals surface area (Å²) in [6.45, 7) is 6.62. The summed E-state index contributed by atoms with van der Waals surface area (Å²) in [5.41, 5.74) is 5.34. The fraction of sp³-hybridized carbons (Fsp3) is 0.778. The van der Waals surface area contributed by atoms with Crippen LogP contribution in [0.3, 0.4) is 0 Å². The van der Waals surface area contributed by atoms with Crippen molar-refractivity contribution < 1.29 is 9.53 Å². The van der Waals surface area contributed by atoms with E-state index in [-0.39, 0.29) is 17.0 Å². The zero-order valence-corrected chi connectivity index (χ0v) is 9.69. The summed E-state index contributed by atoms with van der Waals surface area (Å²) < 4.78 is 5.25. The molecule has 0 aliphatic rings. The highest BCUT2D eigenvalue weighted by atomic mass is 32.1. The molecule has 0 aromatic carbocycles. The normalized spacial score (nSPS) is 14.5. The SMILES string of the molecule is CCOC(C)CNC(=O)C(C)C(N)=S. The zero-order valence-electron chi connectivity index (χ0n) is 8.87. The molecule has 0 fully saturated rings. The molecule has 0 aromatic rings. The largest absolute Gasteiger partial charge is 0.393 e. The van der Waals surface area contributed by atoms with Crippen LogP contribution in [-0.4, -0.2) is 30.2 Å². The topological polar surface area (TPSA) is 64.3 Å². The molecule has 0 bridgehead atoms. The summed E-state index contributed by atoms with van der Waals surface area (Å²) in [5, 5.41) is 2.72. The number of carbonyl (C=O) groups excluding carboxylic acids is 1. The summed E-state index contributed by atoms with van der Waals surface area (Å²) in [6.07, 6.45) is 0.0162. The van der Waals surface area contributed by atoms with Gasteiger partial charge in [0.05, 0.1) is 17.0 Å². The van der Waals surface area contributed by atoms with Crippen molar-refractivity contribution in [1.82, 2.24) is 5.32 Å². The van der Waals surface area contributed by atoms with Crippen molar-refractivity contribution in [2.75, 3.05) is 13.2 Å². The Bertz CT molecular complexity index is 209. The van der Waals surface area contributed by atoms with Crippen LogP contribution in [-0.2, 0) is 9.53 Å². The van der Waals surface area contributed by atoms with Crippen molar-refractivity contribution in [3.63, 3.8) is 0 Å². The Hall–Kier alpha value is -0.680. The smallest absolute Gasteiger partial charge is 0.229 e. The van der Waals surface area contributed by atoms with E-state index in [9.17, 15) is 4.79 Å². The molecule has 2 unspecified atom stereocenters. The van der Waals surface area contributed by atoms with Gasteiger partial charge in [0.1, 0.15) is 0 Å². The summed E-state index contributed by atoms with van der Waals surface area (Å²) in [5.74, 6) is -0.567. The maximum Gasteiger partial charge on any atom is 0.229 e. The standard InChI is InChI=1S/C9H18N2O2S/c1-4-13-6(2)5-11-9(12)7(3)8(10)14/h6-7H,4-5H2,1-3H3,(H2,10,14)(H,11,12). The molecular formula is C9H18N2O2S. The minimum absolute atomic E-state index is 0.0162. The lowest BCUT2D eigenvalue weighted by molar-refractivity contribution is -0.123. The molecule has 0 aromatic heterocycles. The molecule has 0 rings (SSSR count). The molecule has 0 heterocycles. The molecule has 2 atom stereocenters. The van der Waals surface area contributed by atoms with Crippen LogP contribution in [0.4, 0.5) is 0 Å². The highest BCUT2D eigenvalue weighted by Gasteiger charge is 2.15. The monoisotopic (exact) mass is 218 g/mol. The van der Waals surface area contributed by atoms with Crippen LogP contribution in [0.25, 0.3) is 0 Å². The van der Waals surface area contributed by atoms with Gasteiger partial charge in [-0.1, -0.05) is 12.2 Å². The van der Waals surface area contributed by atoms with Crippen molar-refractivity contribution in [1.29, 1.82) is 0 Å². The van der Waals surface area contributed by atoms with Gasteiger partial charge >= 0.3 is 0 Å². The van der Waals surface area contributed by atoms with E-state index >= 15 is 0 Å². The summed E-state index contributed by atoms with van der Waals surface area (Å²) in [7, 11) is 0. The predicted molar refractivity (Wildman–Crippen MR) is 60.0 cm³/mol. The molecule has 82 valence electrons. The second kappa shape index (κ2) is 6.73. The van der Waals surface area contributed by atoms with Gasteiger partial charge in [-0.2, -0.15) is 0 Å². The Balaban J connectivity index is 3.79. The number of hydrogen-bond donors (Lipinski definition) is 2. The van der Waals surface area contributed by atoms with Crippen molar-refractivity contribution in [3.05, 3.63) is 0 Å². The Morgan fingerprint density at radius 2 is 2.14 bits per heavy atom. The first kappa shape index (κ1) is 13.3. The number of carbonyl (C=O) groups is 1. The van der Waals surface area contributed by atoms with Gasteiger partial charge in [-0.15, -0.1) is 0 Å². The number of rotatable bonds is 6. The second-order valence-electron chi connectivity index (χ2n) is 3.14. The number of hydrogen-bond acceptors (Lipinski definition) is 3. The lowest BCUT2D eigenvalue weighted by Gasteiger charge is -2.14. The van der Waals surface area contributed by atoms with Crippen LogP contribution in [0, 0.1) is 5.92 Å². The average Bonchev–Trinajstić information content (AvgIpc) is 2.13. The highest BCUT2D eigenvalue weighted by Crippen LogP contribution is 1.95. The van der Waals surface area contributed by atoms with E-state index in [1.165, 1.54) is 0 Å². The Labute approximate surface area is 90.2 Å². The first-order valence-corrected chi connectivity index (χ1v) is 5.08. The van der Waals surface area contributed by atoms with Crippen LogP contribution in [0.1, 0.15) is 20.8 Å². The fourth-order valence-corrected chi connectivity index (χ4v) is 0.977. The highest BCUT2D eigenvalue weighted by molar-refractivity contribution is 7.80. The number of nitrogens with one attached hydrogen (secondary N) is 1. The molecule has 0 saturated heterocycles. The van der Waals surface area contributed by atoms with Gasteiger partial charge in [0, 0.05) is 13.2 Å². The lowest BCUT2D eigenvalue weighted by atomic mass is 10.1. The zero-order chi connectivity index (χ0) is 11.1. The van der Waals surface area contributed by atoms with Gasteiger partial charge in [-0.05, 0) is 20.8 Å². The number of amides is 1.